The normalized spacial score (nSPS) is 12.6. The van der Waals surface area contributed by atoms with Gasteiger partial charge in [-0.3, -0.25) is 19.7 Å². The van der Waals surface area contributed by atoms with Gasteiger partial charge in [-0.1, -0.05) is 12.1 Å². The van der Waals surface area contributed by atoms with Crippen LogP contribution in [0.4, 0.5) is 5.69 Å². The summed E-state index contributed by atoms with van der Waals surface area (Å²) in [6.45, 7) is 10.3. The van der Waals surface area contributed by atoms with Gasteiger partial charge in [0.25, 0.3) is 5.69 Å². The van der Waals surface area contributed by atoms with E-state index in [1.807, 2.05) is 0 Å². The molecule has 0 bridgehead atoms. The summed E-state index contributed by atoms with van der Waals surface area (Å²) in [5.41, 5.74) is -0.946. The molecular formula is C21H30N2O7. The maximum atomic E-state index is 12.5. The third-order valence-corrected chi connectivity index (χ3v) is 3.60. The van der Waals surface area contributed by atoms with Crippen LogP contribution in [0.25, 0.3) is 0 Å². The molecule has 9 heteroatoms. The fourth-order valence-corrected chi connectivity index (χ4v) is 2.44. The average Bonchev–Trinajstić information content (AvgIpc) is 2.55. The van der Waals surface area contributed by atoms with Gasteiger partial charge in [0.2, 0.25) is 5.91 Å². The van der Waals surface area contributed by atoms with E-state index in [9.17, 15) is 24.5 Å². The van der Waals surface area contributed by atoms with Gasteiger partial charge in [-0.25, -0.2) is 4.79 Å². The van der Waals surface area contributed by atoms with Gasteiger partial charge in [-0.15, -0.1) is 0 Å². The SMILES string of the molecule is CC(C)(C)OC(=O)CCC(NC(=O)Cc1ccc([N+](=O)[O-])cc1)C(=O)OC(C)(C)C. The molecule has 0 radical (unpaired) electrons. The van der Waals surface area contributed by atoms with E-state index in [1.54, 1.807) is 41.5 Å². The van der Waals surface area contributed by atoms with Gasteiger partial charge in [0.05, 0.1) is 11.3 Å². The predicted octanol–water partition coefficient (Wildman–Crippen LogP) is 3.09. The molecule has 1 aromatic carbocycles. The number of nitro groups is 1. The minimum absolute atomic E-state index is 0.0236. The van der Waals surface area contributed by atoms with Gasteiger partial charge in [0.1, 0.15) is 17.2 Å². The molecule has 0 aliphatic heterocycles. The predicted molar refractivity (Wildman–Crippen MR) is 110 cm³/mol. The lowest BCUT2D eigenvalue weighted by Crippen LogP contribution is -2.45. The first kappa shape index (κ1) is 25.1. The first-order chi connectivity index (χ1) is 13.7. The number of nitrogens with zero attached hydrogens (tertiary/aromatic N) is 1. The Kier molecular flexibility index (Phi) is 8.50. The Bertz CT molecular complexity index is 774. The van der Waals surface area contributed by atoms with Crippen LogP contribution in [-0.2, 0) is 30.3 Å². The second kappa shape index (κ2) is 10.2. The maximum absolute atomic E-state index is 12.5. The summed E-state index contributed by atoms with van der Waals surface area (Å²) in [6, 6.07) is 4.52. The molecule has 1 N–H and O–H groups in total. The minimum atomic E-state index is -1.03. The summed E-state index contributed by atoms with van der Waals surface area (Å²) in [5, 5.41) is 13.3. The number of nitro benzene ring substituents is 1. The zero-order valence-corrected chi connectivity index (χ0v) is 18.3. The van der Waals surface area contributed by atoms with Crippen molar-refractivity contribution in [2.45, 2.75) is 78.0 Å². The van der Waals surface area contributed by atoms with Crippen LogP contribution in [0.5, 0.6) is 0 Å². The molecule has 0 fully saturated rings. The third-order valence-electron chi connectivity index (χ3n) is 3.60. The van der Waals surface area contributed by atoms with E-state index in [2.05, 4.69) is 5.32 Å². The Morgan fingerprint density at radius 1 is 1.00 bits per heavy atom. The monoisotopic (exact) mass is 422 g/mol. The molecule has 1 amide bonds. The Balaban J connectivity index is 2.80. The molecule has 0 spiro atoms. The molecule has 30 heavy (non-hydrogen) atoms. The van der Waals surface area contributed by atoms with Crippen LogP contribution >= 0.6 is 0 Å². The highest BCUT2D eigenvalue weighted by Crippen LogP contribution is 2.15. The summed E-state index contributed by atoms with van der Waals surface area (Å²) in [4.78, 5) is 47.1. The van der Waals surface area contributed by atoms with E-state index >= 15 is 0 Å². The van der Waals surface area contributed by atoms with E-state index in [0.717, 1.165) is 0 Å². The molecule has 0 heterocycles. The zero-order chi connectivity index (χ0) is 23.1. The Hall–Kier alpha value is -2.97. The molecule has 0 saturated heterocycles. The Morgan fingerprint density at radius 3 is 2.00 bits per heavy atom. The van der Waals surface area contributed by atoms with Crippen LogP contribution in [0.1, 0.15) is 59.9 Å². The maximum Gasteiger partial charge on any atom is 0.329 e. The number of esters is 2. The Morgan fingerprint density at radius 2 is 1.53 bits per heavy atom. The van der Waals surface area contributed by atoms with Crippen molar-refractivity contribution in [1.29, 1.82) is 0 Å². The molecule has 0 aromatic heterocycles. The summed E-state index contributed by atoms with van der Waals surface area (Å²) in [6.07, 6.45) is -0.126. The molecule has 1 rings (SSSR count). The number of hydrogen-bond acceptors (Lipinski definition) is 7. The van der Waals surface area contributed by atoms with Gasteiger partial charge in [0.15, 0.2) is 0 Å². The minimum Gasteiger partial charge on any atom is -0.460 e. The summed E-state index contributed by atoms with van der Waals surface area (Å²) < 4.78 is 10.6. The van der Waals surface area contributed by atoms with Crippen molar-refractivity contribution in [3.05, 3.63) is 39.9 Å². The van der Waals surface area contributed by atoms with E-state index in [4.69, 9.17) is 9.47 Å². The molecule has 9 nitrogen and oxygen atoms in total. The van der Waals surface area contributed by atoms with Crippen molar-refractivity contribution < 1.29 is 28.8 Å². The van der Waals surface area contributed by atoms with Crippen LogP contribution in [0.2, 0.25) is 0 Å². The fraction of sp³-hybridized carbons (Fsp3) is 0.571. The number of rotatable bonds is 8. The topological polar surface area (TPSA) is 125 Å². The van der Waals surface area contributed by atoms with Crippen molar-refractivity contribution >= 4 is 23.5 Å². The van der Waals surface area contributed by atoms with Crippen molar-refractivity contribution in [1.82, 2.24) is 5.32 Å². The number of non-ortho nitro benzene ring substituents is 1. The second-order valence-corrected chi connectivity index (χ2v) is 8.88. The lowest BCUT2D eigenvalue weighted by atomic mass is 10.1. The number of benzene rings is 1. The quantitative estimate of drug-likeness (QED) is 0.388. The molecular weight excluding hydrogens is 392 g/mol. The number of nitrogens with one attached hydrogen (secondary N) is 1. The molecule has 0 aliphatic rings. The van der Waals surface area contributed by atoms with Crippen LogP contribution in [0.3, 0.4) is 0 Å². The highest BCUT2D eigenvalue weighted by molar-refractivity contribution is 5.86. The van der Waals surface area contributed by atoms with Gasteiger partial charge in [-0.2, -0.15) is 0 Å². The van der Waals surface area contributed by atoms with Crippen molar-refractivity contribution in [2.24, 2.45) is 0 Å². The fourth-order valence-electron chi connectivity index (χ4n) is 2.44. The van der Waals surface area contributed by atoms with Gasteiger partial charge < -0.3 is 14.8 Å². The molecule has 0 aliphatic carbocycles. The first-order valence-corrected chi connectivity index (χ1v) is 9.64. The third kappa shape index (κ3) is 9.99. The van der Waals surface area contributed by atoms with Crippen molar-refractivity contribution in [3.8, 4) is 0 Å². The van der Waals surface area contributed by atoms with Crippen LogP contribution in [0.15, 0.2) is 24.3 Å². The molecule has 166 valence electrons. The molecule has 1 aromatic rings. The van der Waals surface area contributed by atoms with Crippen molar-refractivity contribution in [3.63, 3.8) is 0 Å². The standard InChI is InChI=1S/C21H30N2O7/c1-20(2,3)29-18(25)12-11-16(19(26)30-21(4,5)6)22-17(24)13-14-7-9-15(10-8-14)23(27)28/h7-10,16H,11-13H2,1-6H3,(H,22,24). The smallest absolute Gasteiger partial charge is 0.329 e. The number of carbonyl (C=O) groups is 3. The zero-order valence-electron chi connectivity index (χ0n) is 18.3. The molecule has 0 saturated carbocycles. The molecule has 1 unspecified atom stereocenters. The van der Waals surface area contributed by atoms with E-state index in [-0.39, 0.29) is 24.9 Å². The molecule has 1 atom stereocenters. The average molecular weight is 422 g/mol. The van der Waals surface area contributed by atoms with Gasteiger partial charge in [-0.05, 0) is 53.5 Å². The summed E-state index contributed by atoms with van der Waals surface area (Å²) >= 11 is 0. The number of amides is 1. The van der Waals surface area contributed by atoms with Crippen molar-refractivity contribution in [2.75, 3.05) is 0 Å². The van der Waals surface area contributed by atoms with E-state index in [0.29, 0.717) is 5.56 Å². The van der Waals surface area contributed by atoms with Crippen LogP contribution in [-0.4, -0.2) is 40.0 Å². The lowest BCUT2D eigenvalue weighted by molar-refractivity contribution is -0.384. The number of carbonyl (C=O) groups excluding carboxylic acids is 3. The summed E-state index contributed by atoms with van der Waals surface area (Å²) in [5.74, 6) is -1.60. The van der Waals surface area contributed by atoms with Gasteiger partial charge in [0, 0.05) is 18.6 Å². The second-order valence-electron chi connectivity index (χ2n) is 8.88. The van der Waals surface area contributed by atoms with E-state index in [1.165, 1.54) is 24.3 Å². The highest BCUT2D eigenvalue weighted by Gasteiger charge is 2.28. The largest absolute Gasteiger partial charge is 0.460 e. The summed E-state index contributed by atoms with van der Waals surface area (Å²) in [7, 11) is 0. The Labute approximate surface area is 176 Å². The highest BCUT2D eigenvalue weighted by atomic mass is 16.6. The van der Waals surface area contributed by atoms with Crippen LogP contribution in [0, 0.1) is 10.1 Å². The number of ether oxygens (including phenoxy) is 2. The van der Waals surface area contributed by atoms with Crippen LogP contribution < -0.4 is 5.32 Å². The number of hydrogen-bond donors (Lipinski definition) is 1. The lowest BCUT2D eigenvalue weighted by Gasteiger charge is -2.25. The first-order valence-electron chi connectivity index (χ1n) is 9.64. The van der Waals surface area contributed by atoms with Gasteiger partial charge >= 0.3 is 11.9 Å². The van der Waals surface area contributed by atoms with E-state index < -0.39 is 40.0 Å².